The first-order chi connectivity index (χ1) is 10.2. The largest absolute Gasteiger partial charge is 0.337 e. The molecule has 0 radical (unpaired) electrons. The molecule has 1 aromatic carbocycles. The van der Waals surface area contributed by atoms with Crippen LogP contribution in [0.5, 0.6) is 0 Å². The first kappa shape index (κ1) is 13.8. The van der Waals surface area contributed by atoms with E-state index in [0.717, 1.165) is 0 Å². The van der Waals surface area contributed by atoms with Gasteiger partial charge in [-0.05, 0) is 18.2 Å². The summed E-state index contributed by atoms with van der Waals surface area (Å²) >= 11 is 3.33. The van der Waals surface area contributed by atoms with E-state index < -0.39 is 0 Å². The molecule has 0 saturated carbocycles. The molecule has 0 fully saturated rings. The number of benzene rings is 1. The van der Waals surface area contributed by atoms with Gasteiger partial charge in [-0.15, -0.1) is 5.10 Å². The van der Waals surface area contributed by atoms with Gasteiger partial charge in [-0.1, -0.05) is 26.3 Å². The molecule has 0 aliphatic heterocycles. The first-order valence-electron chi connectivity index (χ1n) is 6.03. The Hall–Kier alpha value is -2.13. The lowest BCUT2D eigenvalue weighted by Crippen LogP contribution is -2.01. The molecule has 0 amide bonds. The Morgan fingerprint density at radius 3 is 3.00 bits per heavy atom. The van der Waals surface area contributed by atoms with Crippen molar-refractivity contribution in [2.24, 2.45) is 5.73 Å². The summed E-state index contributed by atoms with van der Waals surface area (Å²) in [7, 11) is 0. The van der Waals surface area contributed by atoms with Crippen LogP contribution in [-0.2, 0) is 13.1 Å². The average Bonchev–Trinajstić information content (AvgIpc) is 3.11. The number of hydrogen-bond donors (Lipinski definition) is 1. The highest BCUT2D eigenvalue weighted by Gasteiger charge is 2.13. The minimum atomic E-state index is -0.372. The third kappa shape index (κ3) is 2.98. The molecule has 0 bridgehead atoms. The van der Waals surface area contributed by atoms with Crippen LogP contribution in [-0.4, -0.2) is 25.1 Å². The second-order valence-electron chi connectivity index (χ2n) is 4.25. The molecule has 0 saturated heterocycles. The molecule has 3 aromatic rings. The molecule has 9 heteroatoms. The first-order valence-corrected chi connectivity index (χ1v) is 6.82. The van der Waals surface area contributed by atoms with Gasteiger partial charge in [-0.25, -0.2) is 9.07 Å². The van der Waals surface area contributed by atoms with Crippen molar-refractivity contribution in [3.05, 3.63) is 46.3 Å². The van der Waals surface area contributed by atoms with Crippen LogP contribution in [0.4, 0.5) is 4.39 Å². The van der Waals surface area contributed by atoms with Crippen LogP contribution in [0.2, 0.25) is 0 Å². The van der Waals surface area contributed by atoms with Crippen LogP contribution >= 0.6 is 15.9 Å². The normalized spacial score (nSPS) is 11.0. The van der Waals surface area contributed by atoms with E-state index in [2.05, 4.69) is 36.4 Å². The second-order valence-corrected chi connectivity index (χ2v) is 5.10. The standard InChI is InChI=1S/C12H10BrFN6O/c13-10-2-1-7(14)3-9(10)12-16-11(21-18-12)6-20-5-8(4-15)17-19-20/h1-3,5H,4,6,15H2. The fourth-order valence-electron chi connectivity index (χ4n) is 1.75. The molecule has 0 aliphatic carbocycles. The lowest BCUT2D eigenvalue weighted by atomic mass is 10.2. The smallest absolute Gasteiger partial charge is 0.248 e. The lowest BCUT2D eigenvalue weighted by molar-refractivity contribution is 0.364. The molecule has 2 aromatic heterocycles. The van der Waals surface area contributed by atoms with Crippen molar-refractivity contribution in [2.45, 2.75) is 13.1 Å². The zero-order chi connectivity index (χ0) is 14.8. The summed E-state index contributed by atoms with van der Waals surface area (Å²) in [6, 6.07) is 4.27. The number of aromatic nitrogens is 5. The summed E-state index contributed by atoms with van der Waals surface area (Å²) in [6.45, 7) is 0.582. The molecule has 0 unspecified atom stereocenters. The van der Waals surface area contributed by atoms with E-state index in [-0.39, 0.29) is 12.4 Å². The minimum absolute atomic E-state index is 0.271. The van der Waals surface area contributed by atoms with Crippen LogP contribution in [0, 0.1) is 5.82 Å². The number of hydrogen-bond acceptors (Lipinski definition) is 6. The van der Waals surface area contributed by atoms with Crippen LogP contribution in [0.1, 0.15) is 11.6 Å². The minimum Gasteiger partial charge on any atom is -0.337 e. The van der Waals surface area contributed by atoms with Gasteiger partial charge in [0, 0.05) is 16.6 Å². The fraction of sp³-hybridized carbons (Fsp3) is 0.167. The monoisotopic (exact) mass is 352 g/mol. The lowest BCUT2D eigenvalue weighted by Gasteiger charge is -1.98. The molecule has 0 atom stereocenters. The van der Waals surface area contributed by atoms with Gasteiger partial charge < -0.3 is 10.3 Å². The highest BCUT2D eigenvalue weighted by atomic mass is 79.9. The zero-order valence-electron chi connectivity index (χ0n) is 10.7. The highest BCUT2D eigenvalue weighted by molar-refractivity contribution is 9.10. The molecular formula is C12H10BrFN6O. The van der Waals surface area contributed by atoms with Gasteiger partial charge in [-0.3, -0.25) is 0 Å². The van der Waals surface area contributed by atoms with Gasteiger partial charge in [0.05, 0.1) is 11.9 Å². The quantitative estimate of drug-likeness (QED) is 0.768. The molecule has 7 nitrogen and oxygen atoms in total. The number of rotatable bonds is 4. The van der Waals surface area contributed by atoms with E-state index in [4.69, 9.17) is 10.3 Å². The number of nitrogens with zero attached hydrogens (tertiary/aromatic N) is 5. The van der Waals surface area contributed by atoms with Crippen LogP contribution in [0.3, 0.4) is 0 Å². The van der Waals surface area contributed by atoms with Crippen LogP contribution in [0.15, 0.2) is 33.4 Å². The molecule has 2 N–H and O–H groups in total. The van der Waals surface area contributed by atoms with E-state index in [1.54, 1.807) is 16.9 Å². The van der Waals surface area contributed by atoms with Crippen molar-refractivity contribution in [2.75, 3.05) is 0 Å². The Bertz CT molecular complexity index is 771. The Morgan fingerprint density at radius 2 is 2.24 bits per heavy atom. The maximum absolute atomic E-state index is 13.3. The van der Waals surface area contributed by atoms with Crippen LogP contribution < -0.4 is 5.73 Å². The average molecular weight is 353 g/mol. The summed E-state index contributed by atoms with van der Waals surface area (Å²) in [5, 5.41) is 11.6. The highest BCUT2D eigenvalue weighted by Crippen LogP contribution is 2.26. The molecule has 108 valence electrons. The zero-order valence-corrected chi connectivity index (χ0v) is 12.3. The predicted octanol–water partition coefficient (Wildman–Crippen LogP) is 1.74. The van der Waals surface area contributed by atoms with Crippen molar-refractivity contribution in [3.8, 4) is 11.4 Å². The maximum atomic E-state index is 13.3. The van der Waals surface area contributed by atoms with Crippen LogP contribution in [0.25, 0.3) is 11.4 Å². The third-order valence-electron chi connectivity index (χ3n) is 2.73. The Balaban J connectivity index is 1.84. The van der Waals surface area contributed by atoms with Crippen molar-refractivity contribution in [1.82, 2.24) is 25.1 Å². The third-order valence-corrected chi connectivity index (χ3v) is 3.42. The maximum Gasteiger partial charge on any atom is 0.248 e. The number of nitrogens with two attached hydrogens (primary N) is 1. The molecule has 3 rings (SSSR count). The summed E-state index contributed by atoms with van der Waals surface area (Å²) in [4.78, 5) is 4.22. The number of halogens is 2. The van der Waals surface area contributed by atoms with E-state index in [9.17, 15) is 4.39 Å². The van der Waals surface area contributed by atoms with Gasteiger partial charge in [-0.2, -0.15) is 4.98 Å². The van der Waals surface area contributed by atoms with E-state index >= 15 is 0 Å². The van der Waals surface area contributed by atoms with E-state index in [0.29, 0.717) is 34.0 Å². The summed E-state index contributed by atoms with van der Waals surface area (Å²) in [6.07, 6.45) is 1.70. The van der Waals surface area contributed by atoms with E-state index in [1.807, 2.05) is 0 Å². The molecule has 21 heavy (non-hydrogen) atoms. The van der Waals surface area contributed by atoms with Crippen molar-refractivity contribution < 1.29 is 8.91 Å². The topological polar surface area (TPSA) is 95.7 Å². The fourth-order valence-corrected chi connectivity index (χ4v) is 2.17. The van der Waals surface area contributed by atoms with Crippen molar-refractivity contribution in [1.29, 1.82) is 0 Å². The molecule has 0 spiro atoms. The summed E-state index contributed by atoms with van der Waals surface area (Å²) in [5.74, 6) is 0.272. The van der Waals surface area contributed by atoms with Gasteiger partial charge in [0.15, 0.2) is 0 Å². The van der Waals surface area contributed by atoms with E-state index in [1.165, 1.54) is 12.1 Å². The molecule has 2 heterocycles. The van der Waals surface area contributed by atoms with Crippen molar-refractivity contribution in [3.63, 3.8) is 0 Å². The summed E-state index contributed by atoms with van der Waals surface area (Å²) in [5.41, 5.74) is 6.65. The van der Waals surface area contributed by atoms with Gasteiger partial charge in [0.2, 0.25) is 11.7 Å². The Labute approximate surface area is 127 Å². The molecular weight excluding hydrogens is 343 g/mol. The Kier molecular flexibility index (Phi) is 3.76. The SMILES string of the molecule is NCc1cn(Cc2nc(-c3cc(F)ccc3Br)no2)nn1. The van der Waals surface area contributed by atoms with Crippen molar-refractivity contribution >= 4 is 15.9 Å². The van der Waals surface area contributed by atoms with Gasteiger partial charge >= 0.3 is 0 Å². The summed E-state index contributed by atoms with van der Waals surface area (Å²) < 4.78 is 20.6. The van der Waals surface area contributed by atoms with Gasteiger partial charge in [0.1, 0.15) is 12.4 Å². The van der Waals surface area contributed by atoms with Gasteiger partial charge in [0.25, 0.3) is 0 Å². The molecule has 0 aliphatic rings. The second kappa shape index (κ2) is 5.70. The predicted molar refractivity (Wildman–Crippen MR) is 74.4 cm³/mol. The Morgan fingerprint density at radius 1 is 1.38 bits per heavy atom.